The van der Waals surface area contributed by atoms with E-state index in [2.05, 4.69) is 36.2 Å². The van der Waals surface area contributed by atoms with E-state index in [4.69, 9.17) is 0 Å². The number of nitrogens with one attached hydrogen (secondary N) is 1. The average Bonchev–Trinajstić information content (AvgIpc) is 2.54. The molecule has 0 radical (unpaired) electrons. The molecule has 2 rings (SSSR count). The van der Waals surface area contributed by atoms with Gasteiger partial charge in [0, 0.05) is 31.4 Å². The SMILES string of the molecule is C=C(C)NCc1ccc(CN(C)C(=O)c2ccccc2)cc1. The second kappa shape index (κ2) is 7.46. The Hall–Kier alpha value is -2.55. The van der Waals surface area contributed by atoms with Crippen LogP contribution in [0.3, 0.4) is 0 Å². The normalized spacial score (nSPS) is 10.1. The van der Waals surface area contributed by atoms with Gasteiger partial charge in [0.2, 0.25) is 0 Å². The van der Waals surface area contributed by atoms with Gasteiger partial charge in [0.1, 0.15) is 0 Å². The second-order valence-corrected chi connectivity index (χ2v) is 5.48. The second-order valence-electron chi connectivity index (χ2n) is 5.48. The summed E-state index contributed by atoms with van der Waals surface area (Å²) >= 11 is 0. The first-order chi connectivity index (χ1) is 10.6. The predicted molar refractivity (Wildman–Crippen MR) is 90.3 cm³/mol. The highest BCUT2D eigenvalue weighted by atomic mass is 16.2. The van der Waals surface area contributed by atoms with Crippen molar-refractivity contribution in [2.45, 2.75) is 20.0 Å². The van der Waals surface area contributed by atoms with Gasteiger partial charge in [-0.25, -0.2) is 0 Å². The lowest BCUT2D eigenvalue weighted by atomic mass is 10.1. The highest BCUT2D eigenvalue weighted by Crippen LogP contribution is 2.10. The number of nitrogens with zero attached hydrogens (tertiary/aromatic N) is 1. The van der Waals surface area contributed by atoms with Crippen molar-refractivity contribution in [2.24, 2.45) is 0 Å². The summed E-state index contributed by atoms with van der Waals surface area (Å²) in [5, 5.41) is 3.20. The predicted octanol–water partition coefficient (Wildman–Crippen LogP) is 3.58. The molecule has 2 aromatic rings. The fraction of sp³-hybridized carbons (Fsp3) is 0.211. The molecule has 1 N–H and O–H groups in total. The van der Waals surface area contributed by atoms with Gasteiger partial charge in [0.15, 0.2) is 0 Å². The van der Waals surface area contributed by atoms with Crippen LogP contribution in [-0.2, 0) is 13.1 Å². The fourth-order valence-electron chi connectivity index (χ4n) is 2.16. The van der Waals surface area contributed by atoms with Gasteiger partial charge in [0.25, 0.3) is 5.91 Å². The molecule has 0 aliphatic heterocycles. The molecule has 0 aromatic heterocycles. The van der Waals surface area contributed by atoms with E-state index in [0.29, 0.717) is 12.1 Å². The van der Waals surface area contributed by atoms with Gasteiger partial charge in [-0.2, -0.15) is 0 Å². The third kappa shape index (κ3) is 4.48. The molecule has 3 heteroatoms. The van der Waals surface area contributed by atoms with E-state index >= 15 is 0 Å². The summed E-state index contributed by atoms with van der Waals surface area (Å²) in [6, 6.07) is 17.6. The van der Waals surface area contributed by atoms with Gasteiger partial charge in [-0.3, -0.25) is 4.79 Å². The van der Waals surface area contributed by atoms with Gasteiger partial charge >= 0.3 is 0 Å². The van der Waals surface area contributed by atoms with E-state index in [1.54, 1.807) is 4.90 Å². The minimum Gasteiger partial charge on any atom is -0.385 e. The number of hydrogen-bond acceptors (Lipinski definition) is 2. The quantitative estimate of drug-likeness (QED) is 0.883. The third-order valence-electron chi connectivity index (χ3n) is 3.40. The van der Waals surface area contributed by atoms with Crippen molar-refractivity contribution < 1.29 is 4.79 Å². The van der Waals surface area contributed by atoms with Gasteiger partial charge in [-0.1, -0.05) is 49.0 Å². The Morgan fingerprint density at radius 1 is 1.05 bits per heavy atom. The molecule has 0 bridgehead atoms. The Morgan fingerprint density at radius 2 is 1.64 bits per heavy atom. The van der Waals surface area contributed by atoms with Crippen LogP contribution >= 0.6 is 0 Å². The van der Waals surface area contributed by atoms with E-state index in [1.807, 2.05) is 44.3 Å². The monoisotopic (exact) mass is 294 g/mol. The molecule has 0 saturated carbocycles. The zero-order valence-corrected chi connectivity index (χ0v) is 13.2. The Labute approximate surface area is 132 Å². The standard InChI is InChI=1S/C19H22N2O/c1-15(2)20-13-16-9-11-17(12-10-16)14-21(3)19(22)18-7-5-4-6-8-18/h4-12,20H,1,13-14H2,2-3H3. The summed E-state index contributed by atoms with van der Waals surface area (Å²) in [6.45, 7) is 7.13. The summed E-state index contributed by atoms with van der Waals surface area (Å²) in [7, 11) is 1.83. The number of allylic oxidation sites excluding steroid dienone is 1. The first-order valence-electron chi connectivity index (χ1n) is 7.34. The van der Waals surface area contributed by atoms with Crippen molar-refractivity contribution >= 4 is 5.91 Å². The molecule has 0 spiro atoms. The van der Waals surface area contributed by atoms with Crippen molar-refractivity contribution in [3.05, 3.63) is 83.6 Å². The van der Waals surface area contributed by atoms with Crippen LogP contribution in [0.1, 0.15) is 28.4 Å². The van der Waals surface area contributed by atoms with Crippen LogP contribution in [-0.4, -0.2) is 17.9 Å². The molecule has 0 aliphatic carbocycles. The summed E-state index contributed by atoms with van der Waals surface area (Å²) in [6.07, 6.45) is 0. The van der Waals surface area contributed by atoms with Crippen molar-refractivity contribution in [2.75, 3.05) is 7.05 Å². The minimum absolute atomic E-state index is 0.0358. The lowest BCUT2D eigenvalue weighted by Gasteiger charge is -2.17. The van der Waals surface area contributed by atoms with Crippen LogP contribution in [0.2, 0.25) is 0 Å². The zero-order valence-electron chi connectivity index (χ0n) is 13.2. The van der Waals surface area contributed by atoms with Crippen molar-refractivity contribution in [1.29, 1.82) is 0 Å². The number of hydrogen-bond donors (Lipinski definition) is 1. The number of carbonyl (C=O) groups excluding carboxylic acids is 1. The number of rotatable bonds is 6. The van der Waals surface area contributed by atoms with Crippen LogP contribution in [0, 0.1) is 0 Å². The van der Waals surface area contributed by atoms with Crippen LogP contribution in [0.25, 0.3) is 0 Å². The number of amides is 1. The van der Waals surface area contributed by atoms with Gasteiger partial charge in [0.05, 0.1) is 0 Å². The summed E-state index contributed by atoms with van der Waals surface area (Å²) in [4.78, 5) is 14.0. The smallest absolute Gasteiger partial charge is 0.253 e. The molecule has 0 saturated heterocycles. The summed E-state index contributed by atoms with van der Waals surface area (Å²) in [5.41, 5.74) is 3.99. The van der Waals surface area contributed by atoms with Gasteiger partial charge in [-0.15, -0.1) is 0 Å². The first-order valence-corrected chi connectivity index (χ1v) is 7.34. The molecule has 0 heterocycles. The van der Waals surface area contributed by atoms with E-state index in [9.17, 15) is 4.79 Å². The molecular formula is C19H22N2O. The topological polar surface area (TPSA) is 32.3 Å². The highest BCUT2D eigenvalue weighted by Gasteiger charge is 2.11. The fourth-order valence-corrected chi connectivity index (χ4v) is 2.16. The molecule has 0 aliphatic rings. The van der Waals surface area contributed by atoms with E-state index in [0.717, 1.165) is 17.8 Å². The Morgan fingerprint density at radius 3 is 2.23 bits per heavy atom. The van der Waals surface area contributed by atoms with E-state index in [-0.39, 0.29) is 5.91 Å². The van der Waals surface area contributed by atoms with E-state index < -0.39 is 0 Å². The molecule has 1 amide bonds. The van der Waals surface area contributed by atoms with Crippen LogP contribution < -0.4 is 5.32 Å². The lowest BCUT2D eigenvalue weighted by Crippen LogP contribution is -2.26. The van der Waals surface area contributed by atoms with Crippen molar-refractivity contribution in [3.8, 4) is 0 Å². The maximum Gasteiger partial charge on any atom is 0.253 e. The molecular weight excluding hydrogens is 272 g/mol. The van der Waals surface area contributed by atoms with Crippen molar-refractivity contribution in [3.63, 3.8) is 0 Å². The first kappa shape index (κ1) is 15.8. The van der Waals surface area contributed by atoms with Crippen LogP contribution in [0.5, 0.6) is 0 Å². The summed E-state index contributed by atoms with van der Waals surface area (Å²) < 4.78 is 0. The van der Waals surface area contributed by atoms with Gasteiger partial charge in [-0.05, 0) is 30.2 Å². The molecule has 0 unspecified atom stereocenters. The average molecular weight is 294 g/mol. The lowest BCUT2D eigenvalue weighted by molar-refractivity contribution is 0.0785. The Kier molecular flexibility index (Phi) is 5.37. The molecule has 0 fully saturated rings. The number of carbonyl (C=O) groups is 1. The largest absolute Gasteiger partial charge is 0.385 e. The third-order valence-corrected chi connectivity index (χ3v) is 3.40. The van der Waals surface area contributed by atoms with Gasteiger partial charge < -0.3 is 10.2 Å². The van der Waals surface area contributed by atoms with Crippen molar-refractivity contribution in [1.82, 2.24) is 10.2 Å². The highest BCUT2D eigenvalue weighted by molar-refractivity contribution is 5.93. The Bertz CT molecular complexity index is 632. The molecule has 0 atom stereocenters. The minimum atomic E-state index is 0.0358. The Balaban J connectivity index is 1.95. The zero-order chi connectivity index (χ0) is 15.9. The number of benzene rings is 2. The molecule has 2 aromatic carbocycles. The van der Waals surface area contributed by atoms with Crippen LogP contribution in [0.15, 0.2) is 66.9 Å². The maximum atomic E-state index is 12.3. The molecule has 114 valence electrons. The molecule has 22 heavy (non-hydrogen) atoms. The van der Waals surface area contributed by atoms with E-state index in [1.165, 1.54) is 5.56 Å². The maximum absolute atomic E-state index is 12.3. The molecule has 3 nitrogen and oxygen atoms in total. The summed E-state index contributed by atoms with van der Waals surface area (Å²) in [5.74, 6) is 0.0358. The van der Waals surface area contributed by atoms with Crippen LogP contribution in [0.4, 0.5) is 0 Å².